The lowest BCUT2D eigenvalue weighted by Gasteiger charge is -2.34. The SMILES string of the molecule is Cc1ccc2c(Sc3ccc(Cl)cc3)c(C(=O)NCCCN3CC(C)CC(C)C3)[nH]c2c1. The second-order valence-electron chi connectivity index (χ2n) is 9.25. The first-order chi connectivity index (χ1) is 15.4. The van der Waals surface area contributed by atoms with E-state index in [1.54, 1.807) is 11.8 Å². The van der Waals surface area contributed by atoms with Gasteiger partial charge in [-0.05, 0) is 74.0 Å². The number of fused-ring (bicyclic) bond motifs is 1. The van der Waals surface area contributed by atoms with Gasteiger partial charge in [-0.2, -0.15) is 0 Å². The molecular formula is C26H32ClN3OS. The number of nitrogens with one attached hydrogen (secondary N) is 2. The normalized spacial score (nSPS) is 19.4. The van der Waals surface area contributed by atoms with Gasteiger partial charge in [0.15, 0.2) is 0 Å². The van der Waals surface area contributed by atoms with Crippen molar-refractivity contribution < 1.29 is 4.79 Å². The molecule has 1 aliphatic heterocycles. The Morgan fingerprint density at radius 3 is 2.59 bits per heavy atom. The van der Waals surface area contributed by atoms with Gasteiger partial charge in [0.05, 0.1) is 4.90 Å². The van der Waals surface area contributed by atoms with Crippen LogP contribution in [0.1, 0.15) is 42.7 Å². The van der Waals surface area contributed by atoms with Gasteiger partial charge in [0.2, 0.25) is 0 Å². The summed E-state index contributed by atoms with van der Waals surface area (Å²) in [6, 6.07) is 14.0. The van der Waals surface area contributed by atoms with Crippen molar-refractivity contribution in [1.82, 2.24) is 15.2 Å². The number of piperidine rings is 1. The maximum atomic E-state index is 13.1. The number of aromatic nitrogens is 1. The van der Waals surface area contributed by atoms with Gasteiger partial charge in [-0.1, -0.05) is 49.3 Å². The summed E-state index contributed by atoms with van der Waals surface area (Å²) in [4.78, 5) is 21.0. The third-order valence-corrected chi connectivity index (χ3v) is 7.44. The molecular weight excluding hydrogens is 438 g/mol. The maximum absolute atomic E-state index is 13.1. The van der Waals surface area contributed by atoms with Gasteiger partial charge in [0.1, 0.15) is 5.69 Å². The van der Waals surface area contributed by atoms with E-state index in [4.69, 9.17) is 11.6 Å². The first-order valence-electron chi connectivity index (χ1n) is 11.5. The predicted molar refractivity (Wildman–Crippen MR) is 135 cm³/mol. The zero-order valence-electron chi connectivity index (χ0n) is 19.1. The van der Waals surface area contributed by atoms with Gasteiger partial charge in [-0.15, -0.1) is 0 Å². The number of rotatable bonds is 7. The number of hydrogen-bond donors (Lipinski definition) is 2. The van der Waals surface area contributed by atoms with E-state index in [0.717, 1.165) is 45.5 Å². The number of H-pyrrole nitrogens is 1. The number of likely N-dealkylation sites (tertiary alicyclic amines) is 1. The lowest BCUT2D eigenvalue weighted by Crippen LogP contribution is -2.40. The summed E-state index contributed by atoms with van der Waals surface area (Å²) in [6.45, 7) is 10.8. The van der Waals surface area contributed by atoms with Crippen LogP contribution in [0.25, 0.3) is 10.9 Å². The first-order valence-corrected chi connectivity index (χ1v) is 12.6. The summed E-state index contributed by atoms with van der Waals surface area (Å²) < 4.78 is 0. The fraction of sp³-hybridized carbons (Fsp3) is 0.423. The number of benzene rings is 2. The van der Waals surface area contributed by atoms with Crippen LogP contribution >= 0.6 is 23.4 Å². The molecule has 32 heavy (non-hydrogen) atoms. The van der Waals surface area contributed by atoms with Crippen molar-refractivity contribution in [2.45, 2.75) is 43.4 Å². The van der Waals surface area contributed by atoms with Gasteiger partial charge >= 0.3 is 0 Å². The Labute approximate surface area is 200 Å². The van der Waals surface area contributed by atoms with Crippen LogP contribution in [0.2, 0.25) is 5.02 Å². The van der Waals surface area contributed by atoms with Crippen molar-refractivity contribution in [1.29, 1.82) is 0 Å². The molecule has 0 aliphatic carbocycles. The van der Waals surface area contributed by atoms with Crippen LogP contribution in [0.4, 0.5) is 0 Å². The quantitative estimate of drug-likeness (QED) is 0.395. The fourth-order valence-electron chi connectivity index (χ4n) is 4.74. The average Bonchev–Trinajstić information content (AvgIpc) is 3.09. The summed E-state index contributed by atoms with van der Waals surface area (Å²) in [5.74, 6) is 1.47. The second-order valence-corrected chi connectivity index (χ2v) is 10.8. The molecule has 0 saturated carbocycles. The number of aromatic amines is 1. The zero-order chi connectivity index (χ0) is 22.7. The van der Waals surface area contributed by atoms with Crippen LogP contribution in [0.15, 0.2) is 52.3 Å². The second kappa shape index (κ2) is 10.3. The van der Waals surface area contributed by atoms with E-state index in [0.29, 0.717) is 17.3 Å². The van der Waals surface area contributed by atoms with Crippen LogP contribution in [-0.2, 0) is 0 Å². The summed E-state index contributed by atoms with van der Waals surface area (Å²) in [5.41, 5.74) is 2.78. The van der Waals surface area contributed by atoms with Crippen molar-refractivity contribution in [3.8, 4) is 0 Å². The van der Waals surface area contributed by atoms with Crippen molar-refractivity contribution in [2.24, 2.45) is 11.8 Å². The van der Waals surface area contributed by atoms with Crippen LogP contribution in [-0.4, -0.2) is 42.0 Å². The molecule has 1 saturated heterocycles. The number of carbonyl (C=O) groups excluding carboxylic acids is 1. The van der Waals surface area contributed by atoms with Crippen molar-refractivity contribution in [3.05, 3.63) is 58.7 Å². The van der Waals surface area contributed by atoms with Crippen LogP contribution < -0.4 is 5.32 Å². The number of aryl methyl sites for hydroxylation is 1. The number of carbonyl (C=O) groups is 1. The highest BCUT2D eigenvalue weighted by Crippen LogP contribution is 2.37. The third-order valence-electron chi connectivity index (χ3n) is 6.05. The first kappa shape index (κ1) is 23.2. The van der Waals surface area contributed by atoms with Crippen LogP contribution in [0, 0.1) is 18.8 Å². The molecule has 2 N–H and O–H groups in total. The van der Waals surface area contributed by atoms with E-state index in [1.807, 2.05) is 24.3 Å². The van der Waals surface area contributed by atoms with Crippen molar-refractivity contribution in [3.63, 3.8) is 0 Å². The molecule has 0 bridgehead atoms. The minimum Gasteiger partial charge on any atom is -0.351 e. The highest BCUT2D eigenvalue weighted by atomic mass is 35.5. The number of amides is 1. The Morgan fingerprint density at radius 1 is 1.16 bits per heavy atom. The average molecular weight is 470 g/mol. The molecule has 1 aromatic heterocycles. The smallest absolute Gasteiger partial charge is 0.268 e. The van der Waals surface area contributed by atoms with E-state index in [1.165, 1.54) is 25.1 Å². The van der Waals surface area contributed by atoms with Gasteiger partial charge in [0.25, 0.3) is 5.91 Å². The molecule has 0 spiro atoms. The highest BCUT2D eigenvalue weighted by molar-refractivity contribution is 7.99. The minimum absolute atomic E-state index is 0.0457. The Hall–Kier alpha value is -1.95. The minimum atomic E-state index is -0.0457. The van der Waals surface area contributed by atoms with Gasteiger partial charge in [-0.3, -0.25) is 4.79 Å². The standard InChI is InChI=1S/C26H32ClN3OS/c1-17-5-10-22-23(14-17)29-24(25(22)32-21-8-6-20(27)7-9-21)26(31)28-11-4-12-30-15-18(2)13-19(3)16-30/h5-10,14,18-19,29H,4,11-13,15-16H2,1-3H3,(H,28,31). The Balaban J connectivity index is 1.45. The molecule has 0 radical (unpaired) electrons. The molecule has 1 aliphatic rings. The van der Waals surface area contributed by atoms with E-state index in [9.17, 15) is 4.79 Å². The number of hydrogen-bond acceptors (Lipinski definition) is 3. The number of nitrogens with zero attached hydrogens (tertiary/aromatic N) is 1. The Bertz CT molecular complexity index is 1070. The third kappa shape index (κ3) is 5.69. The topological polar surface area (TPSA) is 48.1 Å². The van der Waals surface area contributed by atoms with Crippen molar-refractivity contribution in [2.75, 3.05) is 26.2 Å². The van der Waals surface area contributed by atoms with E-state index >= 15 is 0 Å². The molecule has 170 valence electrons. The summed E-state index contributed by atoms with van der Waals surface area (Å²) in [7, 11) is 0. The maximum Gasteiger partial charge on any atom is 0.268 e. The largest absolute Gasteiger partial charge is 0.351 e. The van der Waals surface area contributed by atoms with E-state index in [2.05, 4.69) is 54.2 Å². The van der Waals surface area contributed by atoms with Crippen LogP contribution in [0.3, 0.4) is 0 Å². The van der Waals surface area contributed by atoms with E-state index in [-0.39, 0.29) is 5.91 Å². The Morgan fingerprint density at radius 2 is 1.88 bits per heavy atom. The fourth-order valence-corrected chi connectivity index (χ4v) is 5.91. The van der Waals surface area contributed by atoms with Crippen molar-refractivity contribution >= 4 is 40.2 Å². The molecule has 2 heterocycles. The molecule has 2 atom stereocenters. The molecule has 1 fully saturated rings. The molecule has 6 heteroatoms. The lowest BCUT2D eigenvalue weighted by atomic mass is 9.92. The zero-order valence-corrected chi connectivity index (χ0v) is 20.7. The Kier molecular flexibility index (Phi) is 7.49. The molecule has 2 aromatic carbocycles. The molecule has 4 nitrogen and oxygen atoms in total. The van der Waals surface area contributed by atoms with Gasteiger partial charge in [0, 0.05) is 40.5 Å². The number of halogens is 1. The van der Waals surface area contributed by atoms with Gasteiger partial charge in [-0.25, -0.2) is 0 Å². The predicted octanol–water partition coefficient (Wildman–Crippen LogP) is 6.38. The van der Waals surface area contributed by atoms with Gasteiger partial charge < -0.3 is 15.2 Å². The molecule has 4 rings (SSSR count). The summed E-state index contributed by atoms with van der Waals surface area (Å²) in [5, 5.41) is 4.91. The summed E-state index contributed by atoms with van der Waals surface area (Å²) in [6.07, 6.45) is 2.28. The lowest BCUT2D eigenvalue weighted by molar-refractivity contribution is 0.0940. The molecule has 2 unspecified atom stereocenters. The molecule has 1 amide bonds. The summed E-state index contributed by atoms with van der Waals surface area (Å²) >= 11 is 7.64. The molecule has 3 aromatic rings. The highest BCUT2D eigenvalue weighted by Gasteiger charge is 2.22. The van der Waals surface area contributed by atoms with Crippen LogP contribution in [0.5, 0.6) is 0 Å². The van der Waals surface area contributed by atoms with E-state index < -0.39 is 0 Å². The monoisotopic (exact) mass is 469 g/mol.